The van der Waals surface area contributed by atoms with Gasteiger partial charge in [-0.2, -0.15) is 4.57 Å². The number of epoxide rings is 1. The van der Waals surface area contributed by atoms with E-state index >= 15 is 0 Å². The van der Waals surface area contributed by atoms with Crippen LogP contribution in [0.2, 0.25) is 0 Å². The maximum Gasteiger partial charge on any atom is 0.292 e. The summed E-state index contributed by atoms with van der Waals surface area (Å²) in [6.45, 7) is -0.342. The fraction of sp³-hybridized carbons (Fsp3) is 0.583. The normalized spacial score (nSPS) is 41.5. The second-order valence-corrected chi connectivity index (χ2v) is 4.83. The Kier molecular flexibility index (Phi) is 3.25. The quantitative estimate of drug-likeness (QED) is 0.371. The Balaban J connectivity index is 1.82. The van der Waals surface area contributed by atoms with Crippen molar-refractivity contribution in [1.82, 2.24) is 0 Å². The Labute approximate surface area is 109 Å². The van der Waals surface area contributed by atoms with Gasteiger partial charge in [-0.05, 0) is 6.07 Å². The van der Waals surface area contributed by atoms with E-state index in [1.807, 2.05) is 6.07 Å². The minimum absolute atomic E-state index is 0.135. The van der Waals surface area contributed by atoms with Gasteiger partial charge in [0.1, 0.15) is 24.5 Å². The number of hydrogen-bond donors (Lipinski definition) is 4. The number of rotatable bonds is 3. The molecule has 5 N–H and O–H groups in total. The molecular weight excluding hydrogens is 252 g/mol. The van der Waals surface area contributed by atoms with Crippen LogP contribution in [0.3, 0.4) is 0 Å². The van der Waals surface area contributed by atoms with Crippen molar-refractivity contribution >= 4 is 0 Å². The summed E-state index contributed by atoms with van der Waals surface area (Å²) >= 11 is 0. The lowest BCUT2D eigenvalue weighted by atomic mass is 10.1. The van der Waals surface area contributed by atoms with Gasteiger partial charge >= 0.3 is 0 Å². The molecule has 3 rings (SSSR count). The van der Waals surface area contributed by atoms with E-state index in [-0.39, 0.29) is 18.9 Å². The third-order valence-corrected chi connectivity index (χ3v) is 3.51. The Morgan fingerprint density at radius 1 is 1.26 bits per heavy atom. The standard InChI is InChI=1S/C12H17N2O5/c13-11-10(19-11)6-2-1-3-14(4-6)12-9(17)8(16)7(5-15)18-12/h1-4,7-12,15-17H,5,13H2/q+1/t7-,8?,9?,10?,11?,12-/m1/s1. The van der Waals surface area contributed by atoms with Crippen LogP contribution in [-0.2, 0) is 9.47 Å². The molecule has 7 heteroatoms. The zero-order valence-electron chi connectivity index (χ0n) is 10.2. The highest BCUT2D eigenvalue weighted by Crippen LogP contribution is 2.34. The number of pyridine rings is 1. The number of hydrogen-bond acceptors (Lipinski definition) is 6. The lowest BCUT2D eigenvalue weighted by molar-refractivity contribution is -0.766. The minimum atomic E-state index is -1.11. The lowest BCUT2D eigenvalue weighted by Crippen LogP contribution is -2.46. The number of nitrogens with two attached hydrogens (primary N) is 1. The Morgan fingerprint density at radius 3 is 2.58 bits per heavy atom. The van der Waals surface area contributed by atoms with Crippen molar-refractivity contribution in [3.8, 4) is 0 Å². The number of aliphatic hydroxyl groups is 3. The SMILES string of the molecule is NC1OC1c1ccc[n+]([C@@H]2O[C@H](CO)C(O)C2O)c1. The molecule has 4 unspecified atom stereocenters. The summed E-state index contributed by atoms with van der Waals surface area (Å²) in [4.78, 5) is 0. The third kappa shape index (κ3) is 2.25. The van der Waals surface area contributed by atoms with Gasteiger partial charge in [-0.1, -0.05) is 0 Å². The van der Waals surface area contributed by atoms with Gasteiger partial charge in [0.2, 0.25) is 0 Å². The van der Waals surface area contributed by atoms with Crippen molar-refractivity contribution in [3.63, 3.8) is 0 Å². The summed E-state index contributed by atoms with van der Waals surface area (Å²) in [5.41, 5.74) is 6.49. The van der Waals surface area contributed by atoms with E-state index in [1.165, 1.54) is 0 Å². The van der Waals surface area contributed by atoms with Gasteiger partial charge in [-0.25, -0.2) is 0 Å². The molecule has 3 heterocycles. The highest BCUT2D eigenvalue weighted by Gasteiger charge is 2.48. The summed E-state index contributed by atoms with van der Waals surface area (Å²) < 4.78 is 12.3. The summed E-state index contributed by atoms with van der Waals surface area (Å²) in [5, 5.41) is 28.7. The predicted octanol–water partition coefficient (Wildman–Crippen LogP) is -2.06. The molecule has 0 saturated carbocycles. The molecule has 0 amide bonds. The minimum Gasteiger partial charge on any atom is -0.394 e. The molecule has 104 valence electrons. The number of nitrogens with zero attached hydrogens (tertiary/aromatic N) is 1. The zero-order valence-corrected chi connectivity index (χ0v) is 10.2. The zero-order chi connectivity index (χ0) is 13.6. The molecule has 0 radical (unpaired) electrons. The van der Waals surface area contributed by atoms with Crippen LogP contribution in [0.25, 0.3) is 0 Å². The lowest BCUT2D eigenvalue weighted by Gasteiger charge is -2.10. The van der Waals surface area contributed by atoms with Crippen LogP contribution in [0.4, 0.5) is 0 Å². The van der Waals surface area contributed by atoms with Gasteiger partial charge in [-0.15, -0.1) is 0 Å². The Morgan fingerprint density at radius 2 is 2.00 bits per heavy atom. The number of aromatic nitrogens is 1. The first-order chi connectivity index (χ1) is 9.11. The fourth-order valence-corrected chi connectivity index (χ4v) is 2.36. The smallest absolute Gasteiger partial charge is 0.292 e. The fourth-order valence-electron chi connectivity index (χ4n) is 2.36. The van der Waals surface area contributed by atoms with Crippen molar-refractivity contribution in [2.45, 2.75) is 36.9 Å². The molecule has 2 fully saturated rings. The molecule has 6 atom stereocenters. The van der Waals surface area contributed by atoms with Gasteiger partial charge in [0.05, 0.1) is 6.61 Å². The summed E-state index contributed by atoms with van der Waals surface area (Å²) in [7, 11) is 0. The maximum atomic E-state index is 9.95. The van der Waals surface area contributed by atoms with Crippen LogP contribution >= 0.6 is 0 Å². The molecule has 7 nitrogen and oxygen atoms in total. The topological polar surface area (TPSA) is 112 Å². The number of aliphatic hydroxyl groups excluding tert-OH is 3. The molecule has 0 bridgehead atoms. The molecule has 2 aliphatic heterocycles. The van der Waals surface area contributed by atoms with Crippen LogP contribution in [0.1, 0.15) is 17.9 Å². The average Bonchev–Trinajstić information content (AvgIpc) is 3.09. The van der Waals surface area contributed by atoms with E-state index in [9.17, 15) is 10.2 Å². The first-order valence-electron chi connectivity index (χ1n) is 6.16. The van der Waals surface area contributed by atoms with Crippen molar-refractivity contribution in [2.75, 3.05) is 6.61 Å². The van der Waals surface area contributed by atoms with Crippen molar-refractivity contribution in [1.29, 1.82) is 0 Å². The van der Waals surface area contributed by atoms with Gasteiger partial charge in [-0.3, -0.25) is 0 Å². The van der Waals surface area contributed by atoms with Crippen molar-refractivity contribution in [3.05, 3.63) is 30.1 Å². The number of ether oxygens (including phenoxy) is 2. The van der Waals surface area contributed by atoms with E-state index < -0.39 is 24.5 Å². The Bertz CT molecular complexity index is 471. The largest absolute Gasteiger partial charge is 0.394 e. The summed E-state index contributed by atoms with van der Waals surface area (Å²) in [5.74, 6) is 0. The molecule has 0 spiro atoms. The van der Waals surface area contributed by atoms with E-state index in [2.05, 4.69) is 0 Å². The van der Waals surface area contributed by atoms with Crippen LogP contribution in [0.5, 0.6) is 0 Å². The molecule has 19 heavy (non-hydrogen) atoms. The van der Waals surface area contributed by atoms with Gasteiger partial charge in [0.25, 0.3) is 6.23 Å². The molecule has 1 aromatic rings. The molecular formula is C12H17N2O5+. The molecule has 1 aromatic heterocycles. The third-order valence-electron chi connectivity index (χ3n) is 3.51. The second kappa shape index (κ2) is 4.78. The van der Waals surface area contributed by atoms with E-state index in [4.69, 9.17) is 20.3 Å². The van der Waals surface area contributed by atoms with Crippen LogP contribution in [0.15, 0.2) is 24.5 Å². The molecule has 2 aliphatic rings. The van der Waals surface area contributed by atoms with Crippen LogP contribution < -0.4 is 10.3 Å². The molecule has 0 aromatic carbocycles. The second-order valence-electron chi connectivity index (χ2n) is 4.83. The molecule has 0 aliphatic carbocycles. The van der Waals surface area contributed by atoms with Crippen molar-refractivity contribution in [2.24, 2.45) is 5.73 Å². The van der Waals surface area contributed by atoms with Crippen LogP contribution in [0, 0.1) is 0 Å². The first kappa shape index (κ1) is 12.9. The van der Waals surface area contributed by atoms with Gasteiger partial charge in [0, 0.05) is 11.6 Å². The Hall–Kier alpha value is -1.09. The highest BCUT2D eigenvalue weighted by molar-refractivity contribution is 5.15. The van der Waals surface area contributed by atoms with E-state index in [0.29, 0.717) is 0 Å². The average molecular weight is 269 g/mol. The summed E-state index contributed by atoms with van der Waals surface area (Å²) in [6, 6.07) is 3.66. The predicted molar refractivity (Wildman–Crippen MR) is 61.4 cm³/mol. The van der Waals surface area contributed by atoms with Gasteiger partial charge in [0.15, 0.2) is 18.5 Å². The van der Waals surface area contributed by atoms with Gasteiger partial charge < -0.3 is 30.5 Å². The first-order valence-corrected chi connectivity index (χ1v) is 6.16. The highest BCUT2D eigenvalue weighted by atomic mass is 16.6. The van der Waals surface area contributed by atoms with Crippen molar-refractivity contribution < 1.29 is 29.4 Å². The molecule has 2 saturated heterocycles. The van der Waals surface area contributed by atoms with E-state index in [1.54, 1.807) is 23.0 Å². The van der Waals surface area contributed by atoms with E-state index in [0.717, 1.165) is 5.56 Å². The van der Waals surface area contributed by atoms with Crippen LogP contribution in [-0.4, -0.2) is 46.5 Å². The maximum absolute atomic E-state index is 9.95. The summed E-state index contributed by atoms with van der Waals surface area (Å²) in [6.07, 6.45) is -0.657. The monoisotopic (exact) mass is 269 g/mol.